The summed E-state index contributed by atoms with van der Waals surface area (Å²) in [4.78, 5) is 19.0. The molecule has 142 valence electrons. The van der Waals surface area contributed by atoms with E-state index in [-0.39, 0.29) is 11.9 Å². The highest BCUT2D eigenvalue weighted by Gasteiger charge is 2.33. The quantitative estimate of drug-likeness (QED) is 0.706. The van der Waals surface area contributed by atoms with Gasteiger partial charge in [0.15, 0.2) is 0 Å². The molecule has 0 bridgehead atoms. The Balaban J connectivity index is 1.48. The van der Waals surface area contributed by atoms with Crippen LogP contribution in [0.4, 0.5) is 0 Å². The predicted octanol–water partition coefficient (Wildman–Crippen LogP) is 3.70. The lowest BCUT2D eigenvalue weighted by molar-refractivity contribution is -0.136. The van der Waals surface area contributed by atoms with E-state index in [2.05, 4.69) is 43.0 Å². The van der Waals surface area contributed by atoms with Gasteiger partial charge in [-0.15, -0.1) is 0 Å². The van der Waals surface area contributed by atoms with Gasteiger partial charge in [-0.1, -0.05) is 13.8 Å². The molecule has 3 aromatic rings. The number of furan rings is 1. The molecule has 0 unspecified atom stereocenters. The molecule has 0 aliphatic carbocycles. The lowest BCUT2D eigenvalue weighted by atomic mass is 9.95. The highest BCUT2D eigenvalue weighted by molar-refractivity contribution is 5.89. The molecule has 1 amide bonds. The molecule has 0 atom stereocenters. The molecule has 0 radical (unpaired) electrons. The zero-order chi connectivity index (χ0) is 19.3. The third kappa shape index (κ3) is 3.13. The molecule has 3 heterocycles. The van der Waals surface area contributed by atoms with Crippen LogP contribution >= 0.6 is 0 Å². The summed E-state index contributed by atoms with van der Waals surface area (Å²) in [6.07, 6.45) is 2.10. The summed E-state index contributed by atoms with van der Waals surface area (Å²) in [7, 11) is 0. The zero-order valence-electron chi connectivity index (χ0n) is 16.6. The molecule has 2 aromatic heterocycles. The van der Waals surface area contributed by atoms with E-state index in [1.807, 2.05) is 23.4 Å². The first kappa shape index (κ1) is 17.8. The number of likely N-dealkylation sites (tertiary alicyclic amines) is 1. The Morgan fingerprint density at radius 1 is 1.26 bits per heavy atom. The maximum Gasteiger partial charge on any atom is 0.227 e. The van der Waals surface area contributed by atoms with E-state index in [1.165, 1.54) is 11.1 Å². The Morgan fingerprint density at radius 2 is 2.00 bits per heavy atom. The van der Waals surface area contributed by atoms with Gasteiger partial charge in [0.2, 0.25) is 5.91 Å². The van der Waals surface area contributed by atoms with Crippen molar-refractivity contribution in [3.63, 3.8) is 0 Å². The number of benzene rings is 1. The molecule has 1 aliphatic rings. The van der Waals surface area contributed by atoms with Crippen LogP contribution in [0.5, 0.6) is 0 Å². The van der Waals surface area contributed by atoms with Crippen molar-refractivity contribution in [1.82, 2.24) is 19.7 Å². The van der Waals surface area contributed by atoms with Crippen LogP contribution in [-0.2, 0) is 11.2 Å². The van der Waals surface area contributed by atoms with Crippen molar-refractivity contribution in [3.05, 3.63) is 46.7 Å². The number of carbonyl (C=O) groups excluding carboxylic acids is 1. The molecule has 1 aliphatic heterocycles. The standard InChI is InChI=1S/C21H26N4O2/c1-12(2)18-8-19-16(11-27-20(19)6-13(18)3)7-21(26)24-9-17(10-24)25-15(5)22-14(4)23-25/h6,8,11-12,17H,7,9-10H2,1-5H3. The number of aromatic nitrogens is 3. The molecular formula is C21H26N4O2. The second-order valence-electron chi connectivity index (χ2n) is 7.90. The fourth-order valence-corrected chi connectivity index (χ4v) is 3.97. The number of nitrogens with zero attached hydrogens (tertiary/aromatic N) is 4. The van der Waals surface area contributed by atoms with Crippen LogP contribution in [0.1, 0.15) is 54.1 Å². The van der Waals surface area contributed by atoms with Crippen LogP contribution in [0.15, 0.2) is 22.8 Å². The van der Waals surface area contributed by atoms with Crippen molar-refractivity contribution >= 4 is 16.9 Å². The van der Waals surface area contributed by atoms with Crippen molar-refractivity contribution in [2.24, 2.45) is 0 Å². The molecule has 1 fully saturated rings. The lowest BCUT2D eigenvalue weighted by Crippen LogP contribution is -2.51. The van der Waals surface area contributed by atoms with Crippen LogP contribution in [0.3, 0.4) is 0 Å². The van der Waals surface area contributed by atoms with Gasteiger partial charge in [0.05, 0.1) is 18.7 Å². The second kappa shape index (κ2) is 6.51. The van der Waals surface area contributed by atoms with E-state index in [4.69, 9.17) is 4.42 Å². The number of amides is 1. The van der Waals surface area contributed by atoms with Crippen molar-refractivity contribution in [3.8, 4) is 0 Å². The maximum absolute atomic E-state index is 12.7. The fourth-order valence-electron chi connectivity index (χ4n) is 3.97. The van der Waals surface area contributed by atoms with Gasteiger partial charge in [-0.2, -0.15) is 5.10 Å². The molecule has 0 N–H and O–H groups in total. The number of aryl methyl sites for hydroxylation is 3. The van der Waals surface area contributed by atoms with Crippen molar-refractivity contribution in [2.75, 3.05) is 13.1 Å². The Morgan fingerprint density at radius 3 is 2.63 bits per heavy atom. The van der Waals surface area contributed by atoms with Crippen molar-refractivity contribution < 1.29 is 9.21 Å². The highest BCUT2D eigenvalue weighted by atomic mass is 16.3. The molecule has 1 saturated heterocycles. The molecule has 1 aromatic carbocycles. The van der Waals surface area contributed by atoms with E-state index < -0.39 is 0 Å². The van der Waals surface area contributed by atoms with Crippen LogP contribution < -0.4 is 0 Å². The van der Waals surface area contributed by atoms with Gasteiger partial charge in [-0.05, 0) is 49.9 Å². The summed E-state index contributed by atoms with van der Waals surface area (Å²) in [5.41, 5.74) is 4.36. The van der Waals surface area contributed by atoms with E-state index in [9.17, 15) is 4.79 Å². The number of fused-ring (bicyclic) bond motifs is 1. The third-order valence-electron chi connectivity index (χ3n) is 5.47. The number of rotatable bonds is 4. The molecule has 0 saturated carbocycles. The van der Waals surface area contributed by atoms with E-state index in [0.29, 0.717) is 25.4 Å². The summed E-state index contributed by atoms with van der Waals surface area (Å²) in [6, 6.07) is 4.49. The molecule has 4 rings (SSSR count). The Hall–Kier alpha value is -2.63. The molecule has 27 heavy (non-hydrogen) atoms. The zero-order valence-corrected chi connectivity index (χ0v) is 16.6. The number of hydrogen-bond acceptors (Lipinski definition) is 4. The average molecular weight is 366 g/mol. The van der Waals surface area contributed by atoms with Crippen LogP contribution in [-0.4, -0.2) is 38.7 Å². The van der Waals surface area contributed by atoms with E-state index in [1.54, 1.807) is 6.26 Å². The highest BCUT2D eigenvalue weighted by Crippen LogP contribution is 2.30. The van der Waals surface area contributed by atoms with Crippen LogP contribution in [0, 0.1) is 20.8 Å². The van der Waals surface area contributed by atoms with Gasteiger partial charge in [0.1, 0.15) is 17.2 Å². The molecule has 6 heteroatoms. The summed E-state index contributed by atoms with van der Waals surface area (Å²) in [5, 5.41) is 5.48. The first-order valence-corrected chi connectivity index (χ1v) is 9.51. The molecule has 6 nitrogen and oxygen atoms in total. The van der Waals surface area contributed by atoms with Gasteiger partial charge in [-0.3, -0.25) is 4.79 Å². The smallest absolute Gasteiger partial charge is 0.227 e. The van der Waals surface area contributed by atoms with Gasteiger partial charge in [-0.25, -0.2) is 9.67 Å². The van der Waals surface area contributed by atoms with E-state index in [0.717, 1.165) is 28.2 Å². The predicted molar refractivity (Wildman–Crippen MR) is 104 cm³/mol. The summed E-state index contributed by atoms with van der Waals surface area (Å²) in [5.74, 6) is 2.26. The molecular weight excluding hydrogens is 340 g/mol. The first-order chi connectivity index (χ1) is 12.8. The van der Waals surface area contributed by atoms with Gasteiger partial charge in [0.25, 0.3) is 0 Å². The average Bonchev–Trinajstić information content (AvgIpc) is 3.08. The Labute approximate surface area is 159 Å². The van der Waals surface area contributed by atoms with Gasteiger partial charge >= 0.3 is 0 Å². The number of carbonyl (C=O) groups is 1. The SMILES string of the molecule is Cc1nc(C)n(C2CN(C(=O)Cc3coc4cc(C)c(C(C)C)cc34)C2)n1. The van der Waals surface area contributed by atoms with E-state index >= 15 is 0 Å². The minimum atomic E-state index is 0.134. The first-order valence-electron chi connectivity index (χ1n) is 9.51. The maximum atomic E-state index is 12.7. The van der Waals surface area contributed by atoms with Gasteiger partial charge < -0.3 is 9.32 Å². The van der Waals surface area contributed by atoms with Crippen LogP contribution in [0.2, 0.25) is 0 Å². The lowest BCUT2D eigenvalue weighted by Gasteiger charge is -2.39. The number of hydrogen-bond donors (Lipinski definition) is 0. The van der Waals surface area contributed by atoms with Crippen molar-refractivity contribution in [1.29, 1.82) is 0 Å². The summed E-state index contributed by atoms with van der Waals surface area (Å²) < 4.78 is 7.65. The summed E-state index contributed by atoms with van der Waals surface area (Å²) in [6.45, 7) is 11.7. The van der Waals surface area contributed by atoms with Crippen LogP contribution in [0.25, 0.3) is 11.0 Å². The largest absolute Gasteiger partial charge is 0.464 e. The van der Waals surface area contributed by atoms with Crippen molar-refractivity contribution in [2.45, 2.75) is 53.0 Å². The minimum Gasteiger partial charge on any atom is -0.464 e. The normalized spacial score (nSPS) is 15.0. The van der Waals surface area contributed by atoms with Gasteiger partial charge in [0, 0.05) is 24.0 Å². The summed E-state index contributed by atoms with van der Waals surface area (Å²) >= 11 is 0. The minimum absolute atomic E-state index is 0.134. The Bertz CT molecular complexity index is 1010. The molecule has 0 spiro atoms. The second-order valence-corrected chi connectivity index (χ2v) is 7.90. The fraction of sp³-hybridized carbons (Fsp3) is 0.476. The monoisotopic (exact) mass is 366 g/mol. The Kier molecular flexibility index (Phi) is 4.29. The topological polar surface area (TPSA) is 64.2 Å². The third-order valence-corrected chi connectivity index (χ3v) is 5.47.